The smallest absolute Gasteiger partial charge is 0.269 e. The van der Waals surface area contributed by atoms with Gasteiger partial charge in [-0.2, -0.15) is 0 Å². The number of rotatable bonds is 3. The van der Waals surface area contributed by atoms with E-state index in [-0.39, 0.29) is 23.0 Å². The quantitative estimate of drug-likeness (QED) is 0.277. The summed E-state index contributed by atoms with van der Waals surface area (Å²) in [4.78, 5) is 54.8. The van der Waals surface area contributed by atoms with Crippen molar-refractivity contribution in [3.05, 3.63) is 110 Å². The van der Waals surface area contributed by atoms with Crippen molar-refractivity contribution in [2.75, 3.05) is 4.90 Å². The van der Waals surface area contributed by atoms with E-state index in [0.717, 1.165) is 5.56 Å². The molecule has 3 atom stereocenters. The van der Waals surface area contributed by atoms with Gasteiger partial charge in [0, 0.05) is 39.9 Å². The highest BCUT2D eigenvalue weighted by Gasteiger charge is 2.71. The minimum Gasteiger partial charge on any atom is -0.352 e. The summed E-state index contributed by atoms with van der Waals surface area (Å²) in [6, 6.07) is 16.1. The van der Waals surface area contributed by atoms with Crippen molar-refractivity contribution < 1.29 is 19.3 Å². The number of carbonyl (C=O) groups is 3. The van der Waals surface area contributed by atoms with E-state index in [2.05, 4.69) is 0 Å². The number of anilines is 1. The lowest BCUT2D eigenvalue weighted by Gasteiger charge is -2.37. The molecule has 3 unspecified atom stereocenters. The van der Waals surface area contributed by atoms with Crippen LogP contribution in [-0.2, 0) is 4.79 Å². The zero-order chi connectivity index (χ0) is 25.4. The lowest BCUT2D eigenvalue weighted by Crippen LogP contribution is -2.48. The van der Waals surface area contributed by atoms with Crippen molar-refractivity contribution in [3.63, 3.8) is 0 Å². The number of carbonyl (C=O) groups excluding carboxylic acids is 3. The third-order valence-electron chi connectivity index (χ3n) is 7.62. The molecule has 3 aromatic rings. The summed E-state index contributed by atoms with van der Waals surface area (Å²) in [6.45, 7) is 1.43. The van der Waals surface area contributed by atoms with Gasteiger partial charge in [-0.05, 0) is 36.2 Å². The molecule has 2 aliphatic heterocycles. The molecule has 7 nitrogen and oxygen atoms in total. The van der Waals surface area contributed by atoms with Crippen molar-refractivity contribution in [1.82, 2.24) is 0 Å². The summed E-state index contributed by atoms with van der Waals surface area (Å²) < 4.78 is 0. The lowest BCUT2D eigenvalue weighted by atomic mass is 9.64. The maximum atomic E-state index is 14.3. The van der Waals surface area contributed by atoms with Crippen LogP contribution in [0.1, 0.15) is 44.7 Å². The van der Waals surface area contributed by atoms with Crippen LogP contribution in [0.2, 0.25) is 5.02 Å². The fraction of sp³-hybridized carbons (Fsp3) is 0.179. The Hall–Kier alpha value is -4.10. The SMILES string of the molecule is CC(=O)C1C(c2cccc([N+](=O)[O-])c2)C2(C(=O)c3ccccc3C2=O)C2C=Cc3cc(Cl)ccc3N12. The number of hydrogen-bond acceptors (Lipinski definition) is 6. The van der Waals surface area contributed by atoms with E-state index in [4.69, 9.17) is 11.6 Å². The molecule has 0 N–H and O–H groups in total. The summed E-state index contributed by atoms with van der Waals surface area (Å²) in [5, 5.41) is 12.1. The standard InChI is InChI=1S/C28H19ClN2O5/c1-15(32)25-24(17-5-4-6-19(14-17)31(35)36)28(26(33)20-7-2-3-8-21(20)27(28)34)23-12-9-16-13-18(29)10-11-22(16)30(23)25/h2-14,23-25H,1H3. The summed E-state index contributed by atoms with van der Waals surface area (Å²) >= 11 is 6.23. The van der Waals surface area contributed by atoms with Crippen LogP contribution >= 0.6 is 11.6 Å². The molecule has 8 heteroatoms. The van der Waals surface area contributed by atoms with Gasteiger partial charge in [0.05, 0.1) is 17.0 Å². The summed E-state index contributed by atoms with van der Waals surface area (Å²) in [5.74, 6) is -1.94. The van der Waals surface area contributed by atoms with Crippen molar-refractivity contribution in [3.8, 4) is 0 Å². The van der Waals surface area contributed by atoms with Crippen LogP contribution in [0.15, 0.2) is 72.8 Å². The van der Waals surface area contributed by atoms with Crippen molar-refractivity contribution in [2.24, 2.45) is 5.41 Å². The van der Waals surface area contributed by atoms with Crippen LogP contribution in [0.5, 0.6) is 0 Å². The number of nitrogens with zero attached hydrogens (tertiary/aromatic N) is 2. The largest absolute Gasteiger partial charge is 0.352 e. The highest BCUT2D eigenvalue weighted by atomic mass is 35.5. The average molecular weight is 499 g/mol. The molecule has 6 rings (SSSR count). The number of Topliss-reactive ketones (excluding diaryl/α,β-unsaturated/α-hetero) is 3. The number of non-ortho nitro benzene ring substituents is 1. The Balaban J connectivity index is 1.68. The molecule has 36 heavy (non-hydrogen) atoms. The molecule has 0 amide bonds. The molecular weight excluding hydrogens is 480 g/mol. The van der Waals surface area contributed by atoms with Gasteiger partial charge in [-0.1, -0.05) is 60.2 Å². The minimum atomic E-state index is -1.66. The minimum absolute atomic E-state index is 0.173. The first kappa shape index (κ1) is 22.4. The lowest BCUT2D eigenvalue weighted by molar-refractivity contribution is -0.384. The van der Waals surface area contributed by atoms with Gasteiger partial charge in [0.1, 0.15) is 5.41 Å². The number of nitro benzene ring substituents is 1. The molecule has 0 saturated carbocycles. The van der Waals surface area contributed by atoms with E-state index in [0.29, 0.717) is 27.4 Å². The first-order chi connectivity index (χ1) is 17.3. The van der Waals surface area contributed by atoms with E-state index in [1.165, 1.54) is 25.1 Å². The number of ketones is 3. The Labute approximate surface area is 211 Å². The third-order valence-corrected chi connectivity index (χ3v) is 7.86. The van der Waals surface area contributed by atoms with Crippen LogP contribution in [0.3, 0.4) is 0 Å². The highest BCUT2D eigenvalue weighted by molar-refractivity contribution is 6.32. The number of benzene rings is 3. The van der Waals surface area contributed by atoms with Crippen LogP contribution < -0.4 is 4.90 Å². The molecule has 178 valence electrons. The third kappa shape index (κ3) is 2.77. The second-order valence-electron chi connectivity index (χ2n) is 9.37. The first-order valence-corrected chi connectivity index (χ1v) is 11.8. The Morgan fingerprint density at radius 3 is 2.33 bits per heavy atom. The van der Waals surface area contributed by atoms with Gasteiger partial charge in [-0.3, -0.25) is 24.5 Å². The molecule has 1 aliphatic carbocycles. The molecule has 3 aromatic carbocycles. The van der Waals surface area contributed by atoms with Gasteiger partial charge in [0.2, 0.25) is 0 Å². The second-order valence-corrected chi connectivity index (χ2v) is 9.81. The van der Waals surface area contributed by atoms with E-state index in [1.54, 1.807) is 54.6 Å². The molecule has 0 radical (unpaired) electrons. The second kappa shape index (κ2) is 7.70. The Bertz CT molecular complexity index is 1510. The van der Waals surface area contributed by atoms with Crippen LogP contribution in [0.4, 0.5) is 11.4 Å². The first-order valence-electron chi connectivity index (χ1n) is 11.5. The van der Waals surface area contributed by atoms with Crippen LogP contribution in [0, 0.1) is 15.5 Å². The summed E-state index contributed by atoms with van der Waals surface area (Å²) in [7, 11) is 0. The van der Waals surface area contributed by atoms with Gasteiger partial charge in [0.25, 0.3) is 5.69 Å². The monoisotopic (exact) mass is 498 g/mol. The zero-order valence-corrected chi connectivity index (χ0v) is 19.8. The van der Waals surface area contributed by atoms with E-state index < -0.39 is 28.3 Å². The maximum absolute atomic E-state index is 14.3. The van der Waals surface area contributed by atoms with Crippen LogP contribution in [0.25, 0.3) is 6.08 Å². The van der Waals surface area contributed by atoms with Gasteiger partial charge < -0.3 is 4.90 Å². The molecule has 0 aromatic heterocycles. The summed E-state index contributed by atoms with van der Waals surface area (Å²) in [6.07, 6.45) is 3.61. The van der Waals surface area contributed by atoms with Crippen molar-refractivity contribution in [1.29, 1.82) is 0 Å². The Kier molecular flexibility index (Phi) is 4.78. The molecule has 0 bridgehead atoms. The Morgan fingerprint density at radius 1 is 1.00 bits per heavy atom. The molecule has 1 spiro atoms. The van der Waals surface area contributed by atoms with Gasteiger partial charge in [-0.25, -0.2) is 0 Å². The van der Waals surface area contributed by atoms with Gasteiger partial charge >= 0.3 is 0 Å². The van der Waals surface area contributed by atoms with Crippen molar-refractivity contribution in [2.45, 2.75) is 24.9 Å². The number of fused-ring (bicyclic) bond motifs is 5. The fourth-order valence-corrected chi connectivity index (χ4v) is 6.49. The number of hydrogen-bond donors (Lipinski definition) is 0. The topological polar surface area (TPSA) is 97.6 Å². The van der Waals surface area contributed by atoms with E-state index >= 15 is 0 Å². The van der Waals surface area contributed by atoms with E-state index in [9.17, 15) is 24.5 Å². The zero-order valence-electron chi connectivity index (χ0n) is 19.1. The summed E-state index contributed by atoms with van der Waals surface area (Å²) in [5.41, 5.74) is 0.606. The average Bonchev–Trinajstić information content (AvgIpc) is 3.30. The number of nitro groups is 1. The predicted octanol–water partition coefficient (Wildman–Crippen LogP) is 5.27. The van der Waals surface area contributed by atoms with Gasteiger partial charge in [-0.15, -0.1) is 0 Å². The molecular formula is C28H19ClN2O5. The maximum Gasteiger partial charge on any atom is 0.269 e. The number of halogens is 1. The molecule has 1 saturated heterocycles. The molecule has 1 fully saturated rings. The highest BCUT2D eigenvalue weighted by Crippen LogP contribution is 2.60. The molecule has 3 aliphatic rings. The molecule has 2 heterocycles. The normalized spacial score (nSPS) is 22.9. The Morgan fingerprint density at radius 2 is 1.69 bits per heavy atom. The van der Waals surface area contributed by atoms with E-state index in [1.807, 2.05) is 11.0 Å². The van der Waals surface area contributed by atoms with Crippen molar-refractivity contribution >= 4 is 46.4 Å². The van der Waals surface area contributed by atoms with Crippen LogP contribution in [-0.4, -0.2) is 34.4 Å². The fourth-order valence-electron chi connectivity index (χ4n) is 6.31. The van der Waals surface area contributed by atoms with Gasteiger partial charge in [0.15, 0.2) is 17.3 Å². The predicted molar refractivity (Wildman–Crippen MR) is 135 cm³/mol.